The third-order valence-electron chi connectivity index (χ3n) is 8.25. The average molecular weight is 551 g/mol. The van der Waals surface area contributed by atoms with Crippen molar-refractivity contribution in [3.63, 3.8) is 0 Å². The van der Waals surface area contributed by atoms with Crippen LogP contribution in [0.15, 0.2) is 48.5 Å². The van der Waals surface area contributed by atoms with Crippen LogP contribution < -0.4 is 14.2 Å². The lowest BCUT2D eigenvalue weighted by atomic mass is 9.99. The first-order valence-electron chi connectivity index (χ1n) is 13.9. The van der Waals surface area contributed by atoms with Gasteiger partial charge in [0, 0.05) is 37.7 Å². The van der Waals surface area contributed by atoms with Crippen LogP contribution in [0.25, 0.3) is 0 Å². The van der Waals surface area contributed by atoms with Crippen molar-refractivity contribution in [1.82, 2.24) is 9.47 Å². The van der Waals surface area contributed by atoms with Gasteiger partial charge in [0.2, 0.25) is 0 Å². The van der Waals surface area contributed by atoms with Crippen LogP contribution in [0.1, 0.15) is 48.9 Å². The fraction of sp³-hybridized carbons (Fsp3) is 0.452. The summed E-state index contributed by atoms with van der Waals surface area (Å²) >= 11 is 0. The maximum atomic E-state index is 11.6. The SMILES string of the molecule is COc1cc(CN(C[C@@H]2CC[C@@H](C(=O)O)C2)[C@H](C)c2ccc3c(c2)CCO3)ccc1OCCn1c(O)ccc1O. The molecule has 3 N–H and O–H groups in total. The van der Waals surface area contributed by atoms with Crippen LogP contribution in [0.4, 0.5) is 0 Å². The second-order valence-electron chi connectivity index (χ2n) is 10.8. The molecule has 3 aromatic rings. The predicted molar refractivity (Wildman–Crippen MR) is 149 cm³/mol. The highest BCUT2D eigenvalue weighted by atomic mass is 16.5. The molecule has 2 aromatic carbocycles. The van der Waals surface area contributed by atoms with Crippen molar-refractivity contribution in [2.45, 2.75) is 51.7 Å². The van der Waals surface area contributed by atoms with E-state index < -0.39 is 5.97 Å². The number of hydrogen-bond donors (Lipinski definition) is 3. The maximum absolute atomic E-state index is 11.6. The number of nitrogens with zero attached hydrogens (tertiary/aromatic N) is 2. The second kappa shape index (κ2) is 12.1. The number of rotatable bonds is 12. The van der Waals surface area contributed by atoms with Crippen molar-refractivity contribution in [3.8, 4) is 29.0 Å². The number of fused-ring (bicyclic) bond motifs is 1. The van der Waals surface area contributed by atoms with Gasteiger partial charge in [0.25, 0.3) is 0 Å². The topological polar surface area (TPSA) is 114 Å². The van der Waals surface area contributed by atoms with E-state index in [-0.39, 0.29) is 36.9 Å². The van der Waals surface area contributed by atoms with Gasteiger partial charge in [-0.05, 0) is 67.0 Å². The van der Waals surface area contributed by atoms with E-state index in [1.807, 2.05) is 18.2 Å². The number of carboxylic acid groups (broad SMARTS) is 1. The van der Waals surface area contributed by atoms with Crippen LogP contribution in [0.5, 0.6) is 29.0 Å². The molecule has 1 saturated carbocycles. The first-order valence-corrected chi connectivity index (χ1v) is 13.9. The van der Waals surface area contributed by atoms with Crippen LogP contribution in [0, 0.1) is 11.8 Å². The molecule has 1 aliphatic heterocycles. The molecule has 40 heavy (non-hydrogen) atoms. The van der Waals surface area contributed by atoms with Gasteiger partial charge in [-0.3, -0.25) is 14.3 Å². The Labute approximate surface area is 234 Å². The first kappa shape index (κ1) is 27.7. The lowest BCUT2D eigenvalue weighted by Crippen LogP contribution is -2.31. The number of carboxylic acids is 1. The molecule has 3 atom stereocenters. The Balaban J connectivity index is 1.31. The van der Waals surface area contributed by atoms with Gasteiger partial charge in [-0.2, -0.15) is 0 Å². The van der Waals surface area contributed by atoms with E-state index >= 15 is 0 Å². The minimum atomic E-state index is -0.691. The molecule has 1 aromatic heterocycles. The lowest BCUT2D eigenvalue weighted by molar-refractivity contribution is -0.141. The van der Waals surface area contributed by atoms with Gasteiger partial charge in [0.05, 0.1) is 26.2 Å². The zero-order valence-corrected chi connectivity index (χ0v) is 23.1. The van der Waals surface area contributed by atoms with Gasteiger partial charge in [-0.1, -0.05) is 18.2 Å². The van der Waals surface area contributed by atoms with Crippen molar-refractivity contribution >= 4 is 5.97 Å². The molecule has 1 aliphatic carbocycles. The van der Waals surface area contributed by atoms with Gasteiger partial charge < -0.3 is 29.5 Å². The number of benzene rings is 2. The predicted octanol–water partition coefficient (Wildman–Crippen LogP) is 4.99. The second-order valence-corrected chi connectivity index (χ2v) is 10.8. The van der Waals surface area contributed by atoms with Crippen molar-refractivity contribution in [1.29, 1.82) is 0 Å². The monoisotopic (exact) mass is 550 g/mol. The summed E-state index contributed by atoms with van der Waals surface area (Å²) in [6.45, 7) is 4.93. The van der Waals surface area contributed by atoms with Gasteiger partial charge in [-0.25, -0.2) is 0 Å². The minimum Gasteiger partial charge on any atom is -0.494 e. The third kappa shape index (κ3) is 6.14. The van der Waals surface area contributed by atoms with E-state index in [1.165, 1.54) is 27.8 Å². The van der Waals surface area contributed by atoms with Crippen molar-refractivity contribution in [2.75, 3.05) is 26.9 Å². The normalized spacial score (nSPS) is 18.9. The number of ether oxygens (including phenoxy) is 3. The molecule has 1 fully saturated rings. The largest absolute Gasteiger partial charge is 0.494 e. The van der Waals surface area contributed by atoms with Crippen LogP contribution >= 0.6 is 0 Å². The Morgan fingerprint density at radius 3 is 2.62 bits per heavy atom. The summed E-state index contributed by atoms with van der Waals surface area (Å²) < 4.78 is 18.6. The molecule has 9 nitrogen and oxygen atoms in total. The highest BCUT2D eigenvalue weighted by molar-refractivity contribution is 5.70. The van der Waals surface area contributed by atoms with Crippen molar-refractivity contribution < 1.29 is 34.3 Å². The number of hydrogen-bond acceptors (Lipinski definition) is 7. The van der Waals surface area contributed by atoms with Crippen LogP contribution in [0.2, 0.25) is 0 Å². The summed E-state index contributed by atoms with van der Waals surface area (Å²) in [5.74, 6) is 1.48. The zero-order chi connectivity index (χ0) is 28.2. The Kier molecular flexibility index (Phi) is 8.40. The molecule has 2 heterocycles. The van der Waals surface area contributed by atoms with E-state index in [1.54, 1.807) is 7.11 Å². The smallest absolute Gasteiger partial charge is 0.306 e. The number of aliphatic carboxylic acids is 1. The number of aromatic hydroxyl groups is 2. The first-order chi connectivity index (χ1) is 19.3. The van der Waals surface area contributed by atoms with Crippen molar-refractivity contribution in [3.05, 3.63) is 65.2 Å². The molecule has 0 spiro atoms. The molecular formula is C31H38N2O7. The number of aromatic nitrogens is 1. The standard InChI is InChI=1S/C31H38N2O7/c1-20(23-6-8-26-24(17-23)11-13-39-26)32(18-21-3-5-25(15-21)31(36)37)19-22-4-7-27(28(16-22)38-2)40-14-12-33-29(34)9-10-30(33)35/h4,6-10,16-17,20-21,25,34-35H,3,5,11-15,18-19H2,1-2H3,(H,36,37)/t20-,21-,25-/m1/s1. The lowest BCUT2D eigenvalue weighted by Gasteiger charge is -2.32. The highest BCUT2D eigenvalue weighted by Gasteiger charge is 2.32. The van der Waals surface area contributed by atoms with E-state index in [0.29, 0.717) is 30.4 Å². The molecule has 0 bridgehead atoms. The Bertz CT molecular complexity index is 1320. The van der Waals surface area contributed by atoms with Crippen molar-refractivity contribution in [2.24, 2.45) is 11.8 Å². The quantitative estimate of drug-likeness (QED) is 0.289. The molecule has 0 saturated heterocycles. The fourth-order valence-electron chi connectivity index (χ4n) is 5.92. The van der Waals surface area contributed by atoms with E-state index in [2.05, 4.69) is 30.0 Å². The summed E-state index contributed by atoms with van der Waals surface area (Å²) in [7, 11) is 1.60. The third-order valence-corrected chi connectivity index (χ3v) is 8.25. The summed E-state index contributed by atoms with van der Waals surface area (Å²) in [6.07, 6.45) is 3.28. The summed E-state index contributed by atoms with van der Waals surface area (Å²) in [4.78, 5) is 14.0. The van der Waals surface area contributed by atoms with Crippen LogP contribution in [0.3, 0.4) is 0 Å². The van der Waals surface area contributed by atoms with Gasteiger partial charge >= 0.3 is 5.97 Å². The number of methoxy groups -OCH3 is 1. The van der Waals surface area contributed by atoms with Crippen LogP contribution in [-0.2, 0) is 24.3 Å². The van der Waals surface area contributed by atoms with E-state index in [4.69, 9.17) is 14.2 Å². The average Bonchev–Trinajstić information content (AvgIpc) is 3.69. The van der Waals surface area contributed by atoms with Gasteiger partial charge in [0.1, 0.15) is 12.4 Å². The Morgan fingerprint density at radius 2 is 1.90 bits per heavy atom. The molecule has 0 unspecified atom stereocenters. The van der Waals surface area contributed by atoms with Gasteiger partial charge in [-0.15, -0.1) is 0 Å². The maximum Gasteiger partial charge on any atom is 0.306 e. The van der Waals surface area contributed by atoms with E-state index in [0.717, 1.165) is 43.7 Å². The molecular weight excluding hydrogens is 512 g/mol. The Hall–Kier alpha value is -3.85. The van der Waals surface area contributed by atoms with Crippen LogP contribution in [-0.4, -0.2) is 57.6 Å². The summed E-state index contributed by atoms with van der Waals surface area (Å²) in [5, 5.41) is 29.2. The summed E-state index contributed by atoms with van der Waals surface area (Å²) in [6, 6.07) is 15.3. The number of carbonyl (C=O) groups is 1. The molecule has 9 heteroatoms. The highest BCUT2D eigenvalue weighted by Crippen LogP contribution is 2.37. The zero-order valence-electron chi connectivity index (χ0n) is 23.1. The minimum absolute atomic E-state index is 0.0227. The van der Waals surface area contributed by atoms with E-state index in [9.17, 15) is 20.1 Å². The Morgan fingerprint density at radius 1 is 1.10 bits per heavy atom. The fourth-order valence-corrected chi connectivity index (χ4v) is 5.92. The molecule has 214 valence electrons. The van der Waals surface area contributed by atoms with Gasteiger partial charge in [0.15, 0.2) is 23.3 Å². The molecule has 2 aliphatic rings. The summed E-state index contributed by atoms with van der Waals surface area (Å²) in [5.41, 5.74) is 3.52. The molecule has 0 radical (unpaired) electrons. The molecule has 0 amide bonds. The molecule has 5 rings (SSSR count).